The summed E-state index contributed by atoms with van der Waals surface area (Å²) in [5.74, 6) is -2.31. The van der Waals surface area contributed by atoms with Crippen molar-refractivity contribution in [3.63, 3.8) is 0 Å². The third kappa shape index (κ3) is 6.62. The maximum Gasteiger partial charge on any atom is 0.490 e. The molecule has 2 aromatic carbocycles. The van der Waals surface area contributed by atoms with Gasteiger partial charge in [0.25, 0.3) is 5.91 Å². The van der Waals surface area contributed by atoms with E-state index in [1.54, 1.807) is 36.4 Å². The maximum absolute atomic E-state index is 13.2. The van der Waals surface area contributed by atoms with Crippen molar-refractivity contribution in [2.45, 2.75) is 26.1 Å². The van der Waals surface area contributed by atoms with E-state index in [9.17, 15) is 22.8 Å². The van der Waals surface area contributed by atoms with E-state index in [1.807, 2.05) is 13.8 Å². The highest BCUT2D eigenvalue weighted by Crippen LogP contribution is 2.35. The topological polar surface area (TPSA) is 138 Å². The van der Waals surface area contributed by atoms with Gasteiger partial charge in [-0.25, -0.2) is 4.79 Å². The molecule has 0 radical (unpaired) electrons. The number of carboxylic acids is 1. The van der Waals surface area contributed by atoms with Crippen LogP contribution in [0.2, 0.25) is 0 Å². The molecule has 0 bridgehead atoms. The van der Waals surface area contributed by atoms with Gasteiger partial charge in [0.15, 0.2) is 11.5 Å². The molecule has 1 aromatic heterocycles. The van der Waals surface area contributed by atoms with Crippen LogP contribution in [0.5, 0.6) is 17.2 Å². The first-order chi connectivity index (χ1) is 16.8. The molecule has 3 aromatic rings. The number of pyridine rings is 1. The number of hydrogen-bond acceptors (Lipinski definition) is 7. The minimum atomic E-state index is -5.08. The lowest BCUT2D eigenvalue weighted by molar-refractivity contribution is -0.192. The van der Waals surface area contributed by atoms with Crippen molar-refractivity contribution < 1.29 is 46.9 Å². The number of primary amides is 1. The molecule has 0 saturated carbocycles. The fourth-order valence-electron chi connectivity index (χ4n) is 3.06. The Morgan fingerprint density at radius 1 is 1.00 bits per heavy atom. The molecule has 0 aliphatic carbocycles. The molecule has 0 saturated heterocycles. The van der Waals surface area contributed by atoms with Crippen LogP contribution in [-0.4, -0.2) is 54.3 Å². The minimum Gasteiger partial charge on any atom is -0.493 e. The number of rotatable bonds is 7. The van der Waals surface area contributed by atoms with E-state index in [0.717, 1.165) is 0 Å². The highest BCUT2D eigenvalue weighted by atomic mass is 19.4. The lowest BCUT2D eigenvalue weighted by Crippen LogP contribution is -2.21. The minimum absolute atomic E-state index is 0.0223. The van der Waals surface area contributed by atoms with Crippen molar-refractivity contribution in [3.8, 4) is 17.2 Å². The van der Waals surface area contributed by atoms with E-state index in [-0.39, 0.29) is 23.1 Å². The highest BCUT2D eigenvalue weighted by Gasteiger charge is 2.38. The molecule has 36 heavy (non-hydrogen) atoms. The van der Waals surface area contributed by atoms with Crippen molar-refractivity contribution >= 4 is 28.4 Å². The number of amides is 1. The van der Waals surface area contributed by atoms with Gasteiger partial charge in [-0.2, -0.15) is 13.2 Å². The van der Waals surface area contributed by atoms with Gasteiger partial charge in [-0.1, -0.05) is 12.1 Å². The number of nitrogens with zero attached hydrogens (tertiary/aromatic N) is 1. The molecule has 0 unspecified atom stereocenters. The van der Waals surface area contributed by atoms with Crippen LogP contribution in [0.4, 0.5) is 13.2 Å². The van der Waals surface area contributed by atoms with E-state index < -0.39 is 18.1 Å². The molecule has 0 aliphatic rings. The predicted octanol–water partition coefficient (Wildman–Crippen LogP) is 4.00. The zero-order valence-electron chi connectivity index (χ0n) is 19.7. The molecular formula is C24H23F3N2O7. The van der Waals surface area contributed by atoms with E-state index in [0.29, 0.717) is 33.6 Å². The first kappa shape index (κ1) is 27.9. The summed E-state index contributed by atoms with van der Waals surface area (Å²) in [7, 11) is 2.98. The number of halogens is 3. The van der Waals surface area contributed by atoms with E-state index in [2.05, 4.69) is 4.98 Å². The number of ketones is 1. The Hall–Kier alpha value is -4.35. The van der Waals surface area contributed by atoms with Crippen molar-refractivity contribution in [1.29, 1.82) is 0 Å². The van der Waals surface area contributed by atoms with Crippen LogP contribution in [0.3, 0.4) is 0 Å². The van der Waals surface area contributed by atoms with Crippen LogP contribution < -0.4 is 19.9 Å². The monoisotopic (exact) mass is 508 g/mol. The molecule has 3 rings (SSSR count). The number of hydrogen-bond donors (Lipinski definition) is 2. The predicted molar refractivity (Wildman–Crippen MR) is 123 cm³/mol. The zero-order valence-corrected chi connectivity index (χ0v) is 19.7. The number of carboxylic acid groups (broad SMARTS) is 1. The molecule has 1 heterocycles. The smallest absolute Gasteiger partial charge is 0.490 e. The van der Waals surface area contributed by atoms with Gasteiger partial charge in [-0.05, 0) is 38.1 Å². The number of fused-ring (bicyclic) bond motifs is 1. The Bertz CT molecular complexity index is 1290. The van der Waals surface area contributed by atoms with Crippen LogP contribution in [0, 0.1) is 0 Å². The molecule has 192 valence electrons. The quantitative estimate of drug-likeness (QED) is 0.457. The average Bonchev–Trinajstić information content (AvgIpc) is 2.81. The number of aliphatic carboxylic acids is 1. The molecule has 0 aliphatic heterocycles. The van der Waals surface area contributed by atoms with Gasteiger partial charge < -0.3 is 25.1 Å². The first-order valence-corrected chi connectivity index (χ1v) is 10.3. The lowest BCUT2D eigenvalue weighted by Gasteiger charge is -2.14. The highest BCUT2D eigenvalue weighted by molar-refractivity contribution is 6.18. The van der Waals surface area contributed by atoms with Gasteiger partial charge in [0.2, 0.25) is 5.78 Å². The maximum atomic E-state index is 13.2. The Morgan fingerprint density at radius 3 is 2.03 bits per heavy atom. The Kier molecular flexibility index (Phi) is 8.82. The fourth-order valence-corrected chi connectivity index (χ4v) is 3.06. The summed E-state index contributed by atoms with van der Waals surface area (Å²) in [4.78, 5) is 38.2. The third-order valence-electron chi connectivity index (χ3n) is 4.58. The van der Waals surface area contributed by atoms with Gasteiger partial charge in [0.1, 0.15) is 11.4 Å². The van der Waals surface area contributed by atoms with Gasteiger partial charge in [-0.3, -0.25) is 14.6 Å². The number of carbonyl (C=O) groups excluding carboxylic acids is 2. The molecule has 3 N–H and O–H groups in total. The molecule has 12 heteroatoms. The first-order valence-electron chi connectivity index (χ1n) is 10.3. The average molecular weight is 508 g/mol. The van der Waals surface area contributed by atoms with Gasteiger partial charge in [0.05, 0.1) is 25.9 Å². The van der Waals surface area contributed by atoms with Gasteiger partial charge in [-0.15, -0.1) is 0 Å². The second-order valence-electron chi connectivity index (χ2n) is 7.46. The number of benzene rings is 2. The van der Waals surface area contributed by atoms with E-state index in [1.165, 1.54) is 20.4 Å². The van der Waals surface area contributed by atoms with E-state index in [4.69, 9.17) is 29.8 Å². The summed E-state index contributed by atoms with van der Waals surface area (Å²) in [6.45, 7) is 3.82. The van der Waals surface area contributed by atoms with Crippen molar-refractivity contribution in [3.05, 3.63) is 59.4 Å². The van der Waals surface area contributed by atoms with Crippen molar-refractivity contribution in [1.82, 2.24) is 4.98 Å². The fraction of sp³-hybridized carbons (Fsp3) is 0.250. The third-order valence-corrected chi connectivity index (χ3v) is 4.58. The summed E-state index contributed by atoms with van der Waals surface area (Å²) in [6, 6.07) is 10.1. The summed E-state index contributed by atoms with van der Waals surface area (Å²) >= 11 is 0. The summed E-state index contributed by atoms with van der Waals surface area (Å²) in [6.07, 6.45) is -3.80. The number of ether oxygens (including phenoxy) is 3. The second-order valence-corrected chi connectivity index (χ2v) is 7.46. The molecule has 0 fully saturated rings. The Labute approximate surface area is 203 Å². The standard InChI is InChI=1S/C22H22N2O5.C2HF3O2/c1-12(2)29-14-7-5-6-13(8-14)21(25)20-16-10-19(28-4)18(27-3)9-15(16)17(11-24-20)22(23)26;3-2(4,5)1(6)7/h5-12H,1-4H3,(H2,23,26);(H,6,7). The van der Waals surface area contributed by atoms with Crippen molar-refractivity contribution in [2.24, 2.45) is 5.73 Å². The molecule has 1 amide bonds. The number of methoxy groups -OCH3 is 2. The number of alkyl halides is 3. The molecule has 9 nitrogen and oxygen atoms in total. The van der Waals surface area contributed by atoms with Gasteiger partial charge in [0, 0.05) is 22.5 Å². The van der Waals surface area contributed by atoms with Crippen LogP contribution in [0.15, 0.2) is 42.6 Å². The molecular weight excluding hydrogens is 485 g/mol. The van der Waals surface area contributed by atoms with Crippen LogP contribution >= 0.6 is 0 Å². The van der Waals surface area contributed by atoms with E-state index >= 15 is 0 Å². The normalized spacial score (nSPS) is 10.9. The summed E-state index contributed by atoms with van der Waals surface area (Å²) in [5.41, 5.74) is 6.27. The van der Waals surface area contributed by atoms with Crippen molar-refractivity contribution in [2.75, 3.05) is 14.2 Å². The summed E-state index contributed by atoms with van der Waals surface area (Å²) in [5, 5.41) is 8.03. The Balaban J connectivity index is 0.000000572. The zero-order chi connectivity index (χ0) is 27.2. The molecule has 0 spiro atoms. The van der Waals surface area contributed by atoms with Crippen LogP contribution in [0.1, 0.15) is 40.3 Å². The van der Waals surface area contributed by atoms with Crippen LogP contribution in [0.25, 0.3) is 10.8 Å². The SMILES string of the molecule is COc1cc2c(C(N)=O)cnc(C(=O)c3cccc(OC(C)C)c3)c2cc1OC.O=C(O)C(F)(F)F. The van der Waals surface area contributed by atoms with Crippen LogP contribution in [-0.2, 0) is 4.79 Å². The number of carbonyl (C=O) groups is 3. The summed E-state index contributed by atoms with van der Waals surface area (Å²) < 4.78 is 48.1. The second kappa shape index (κ2) is 11.4. The number of aromatic nitrogens is 1. The lowest BCUT2D eigenvalue weighted by atomic mass is 9.98. The largest absolute Gasteiger partial charge is 0.493 e. The molecule has 0 atom stereocenters. The van der Waals surface area contributed by atoms with Gasteiger partial charge >= 0.3 is 12.1 Å². The number of nitrogens with two attached hydrogens (primary N) is 1. The Morgan fingerprint density at radius 2 is 1.56 bits per heavy atom.